The molecule has 1 aromatic carbocycles. The van der Waals surface area contributed by atoms with Gasteiger partial charge >= 0.3 is 0 Å². The molecule has 0 radical (unpaired) electrons. The first-order valence-corrected chi connectivity index (χ1v) is 9.11. The number of amides is 1. The molecule has 0 aliphatic heterocycles. The summed E-state index contributed by atoms with van der Waals surface area (Å²) in [6.07, 6.45) is 4.22. The first-order chi connectivity index (χ1) is 13.1. The molecule has 1 heterocycles. The van der Waals surface area contributed by atoms with Crippen LogP contribution in [0.1, 0.15) is 35.8 Å². The Hall–Kier alpha value is -2.83. The van der Waals surface area contributed by atoms with Crippen molar-refractivity contribution in [2.24, 2.45) is 0 Å². The molecular formula is C20H28N4O3. The Balaban J connectivity index is 1.94. The van der Waals surface area contributed by atoms with E-state index in [0.29, 0.717) is 29.6 Å². The van der Waals surface area contributed by atoms with Crippen LogP contribution in [0.2, 0.25) is 0 Å². The molecule has 1 amide bonds. The van der Waals surface area contributed by atoms with Crippen LogP contribution in [0.25, 0.3) is 0 Å². The summed E-state index contributed by atoms with van der Waals surface area (Å²) in [4.78, 5) is 22.4. The molecule has 7 nitrogen and oxygen atoms in total. The molecule has 0 atom stereocenters. The van der Waals surface area contributed by atoms with Gasteiger partial charge in [0.2, 0.25) is 0 Å². The highest BCUT2D eigenvalue weighted by atomic mass is 16.5. The Morgan fingerprint density at radius 1 is 1.15 bits per heavy atom. The first kappa shape index (κ1) is 20.5. The molecule has 0 bridgehead atoms. The van der Waals surface area contributed by atoms with E-state index in [4.69, 9.17) is 9.47 Å². The summed E-state index contributed by atoms with van der Waals surface area (Å²) in [6, 6.07) is 7.54. The van der Waals surface area contributed by atoms with Crippen LogP contribution in [0.3, 0.4) is 0 Å². The summed E-state index contributed by atoms with van der Waals surface area (Å²) in [5.41, 5.74) is 1.52. The number of benzene rings is 1. The highest BCUT2D eigenvalue weighted by molar-refractivity contribution is 5.92. The molecule has 0 saturated carbocycles. The maximum atomic E-state index is 12.4. The average molecular weight is 372 g/mol. The van der Waals surface area contributed by atoms with Gasteiger partial charge in [-0.1, -0.05) is 19.4 Å². The van der Waals surface area contributed by atoms with Gasteiger partial charge in [0.1, 0.15) is 17.8 Å². The van der Waals surface area contributed by atoms with Crippen LogP contribution in [-0.2, 0) is 6.42 Å². The topological polar surface area (TPSA) is 76.6 Å². The molecule has 0 fully saturated rings. The molecule has 146 valence electrons. The highest BCUT2D eigenvalue weighted by Crippen LogP contribution is 2.27. The monoisotopic (exact) mass is 372 g/mol. The molecule has 0 aliphatic carbocycles. The Morgan fingerprint density at radius 3 is 2.63 bits per heavy atom. The fraction of sp³-hybridized carbons (Fsp3) is 0.450. The molecule has 27 heavy (non-hydrogen) atoms. The third-order valence-electron chi connectivity index (χ3n) is 4.25. The van der Waals surface area contributed by atoms with Gasteiger partial charge in [-0.05, 0) is 30.5 Å². The lowest BCUT2D eigenvalue weighted by molar-refractivity contribution is 0.0787. The van der Waals surface area contributed by atoms with Gasteiger partial charge in [0.15, 0.2) is 11.5 Å². The molecule has 0 unspecified atom stereocenters. The number of nitrogens with one attached hydrogen (secondary N) is 1. The minimum atomic E-state index is -0.0891. The molecule has 0 saturated heterocycles. The van der Waals surface area contributed by atoms with E-state index in [2.05, 4.69) is 22.2 Å². The van der Waals surface area contributed by atoms with Gasteiger partial charge in [0.05, 0.1) is 14.2 Å². The zero-order chi connectivity index (χ0) is 19.6. The van der Waals surface area contributed by atoms with Crippen LogP contribution in [0.5, 0.6) is 11.5 Å². The maximum Gasteiger partial charge on any atom is 0.272 e. The molecular weight excluding hydrogens is 344 g/mol. The molecule has 0 spiro atoms. The Labute approximate surface area is 160 Å². The van der Waals surface area contributed by atoms with E-state index in [9.17, 15) is 4.79 Å². The lowest BCUT2D eigenvalue weighted by Gasteiger charge is -2.16. The normalized spacial score (nSPS) is 10.4. The summed E-state index contributed by atoms with van der Waals surface area (Å²) in [5.74, 6) is 1.96. The van der Waals surface area contributed by atoms with Gasteiger partial charge in [0.25, 0.3) is 5.91 Å². The van der Waals surface area contributed by atoms with Gasteiger partial charge < -0.3 is 19.7 Å². The number of hydrogen-bond acceptors (Lipinski definition) is 6. The van der Waals surface area contributed by atoms with Crippen LogP contribution in [0.4, 0.5) is 5.82 Å². The third kappa shape index (κ3) is 5.84. The summed E-state index contributed by atoms with van der Waals surface area (Å²) < 4.78 is 10.6. The highest BCUT2D eigenvalue weighted by Gasteiger charge is 2.13. The largest absolute Gasteiger partial charge is 0.493 e. The summed E-state index contributed by atoms with van der Waals surface area (Å²) in [6.45, 7) is 3.50. The van der Waals surface area contributed by atoms with Crippen molar-refractivity contribution in [2.75, 3.05) is 39.7 Å². The minimum absolute atomic E-state index is 0.0891. The number of nitrogens with zero attached hydrogens (tertiary/aromatic N) is 3. The van der Waals surface area contributed by atoms with Crippen LogP contribution < -0.4 is 14.8 Å². The number of anilines is 1. The van der Waals surface area contributed by atoms with E-state index in [1.54, 1.807) is 32.2 Å². The quantitative estimate of drug-likeness (QED) is 0.691. The molecule has 2 rings (SSSR count). The SMILES string of the molecule is CCCCN(C)C(=O)c1cc(NCCc2ccc(OC)c(OC)c2)ncn1. The third-order valence-corrected chi connectivity index (χ3v) is 4.25. The first-order valence-electron chi connectivity index (χ1n) is 9.11. The average Bonchev–Trinajstić information content (AvgIpc) is 2.71. The van der Waals surface area contributed by atoms with Crippen molar-refractivity contribution in [2.45, 2.75) is 26.2 Å². The van der Waals surface area contributed by atoms with Crippen molar-refractivity contribution in [3.05, 3.63) is 41.9 Å². The zero-order valence-electron chi connectivity index (χ0n) is 16.5. The Morgan fingerprint density at radius 2 is 1.93 bits per heavy atom. The minimum Gasteiger partial charge on any atom is -0.493 e. The number of carbonyl (C=O) groups is 1. The van der Waals surface area contributed by atoms with Gasteiger partial charge in [-0.15, -0.1) is 0 Å². The molecule has 2 aromatic rings. The van der Waals surface area contributed by atoms with Crippen molar-refractivity contribution >= 4 is 11.7 Å². The summed E-state index contributed by atoms with van der Waals surface area (Å²) in [5, 5.41) is 3.24. The van der Waals surface area contributed by atoms with Crippen molar-refractivity contribution in [1.82, 2.24) is 14.9 Å². The predicted molar refractivity (Wildman–Crippen MR) is 106 cm³/mol. The van der Waals surface area contributed by atoms with Crippen LogP contribution in [-0.4, -0.2) is 55.1 Å². The number of hydrogen-bond donors (Lipinski definition) is 1. The fourth-order valence-electron chi connectivity index (χ4n) is 2.63. The van der Waals surface area contributed by atoms with E-state index < -0.39 is 0 Å². The molecule has 7 heteroatoms. The van der Waals surface area contributed by atoms with Crippen molar-refractivity contribution in [3.8, 4) is 11.5 Å². The number of aromatic nitrogens is 2. The second kappa shape index (κ2) is 10.4. The smallest absolute Gasteiger partial charge is 0.272 e. The number of methoxy groups -OCH3 is 2. The molecule has 0 aliphatic rings. The van der Waals surface area contributed by atoms with E-state index in [1.165, 1.54) is 6.33 Å². The lowest BCUT2D eigenvalue weighted by Crippen LogP contribution is -2.28. The van der Waals surface area contributed by atoms with E-state index in [-0.39, 0.29) is 5.91 Å². The van der Waals surface area contributed by atoms with Crippen LogP contribution in [0.15, 0.2) is 30.6 Å². The summed E-state index contributed by atoms with van der Waals surface area (Å²) >= 11 is 0. The Kier molecular flexibility index (Phi) is 7.85. The van der Waals surface area contributed by atoms with E-state index in [1.807, 2.05) is 18.2 Å². The standard InChI is InChI=1S/C20H28N4O3/c1-5-6-11-24(2)20(25)16-13-19(23-14-22-16)21-10-9-15-7-8-17(26-3)18(12-15)27-4/h7-8,12-14H,5-6,9-11H2,1-4H3,(H,21,22,23). The number of unbranched alkanes of at least 4 members (excludes halogenated alkanes) is 1. The van der Waals surface area contributed by atoms with E-state index >= 15 is 0 Å². The lowest BCUT2D eigenvalue weighted by atomic mass is 10.1. The number of carbonyl (C=O) groups excluding carboxylic acids is 1. The Bertz CT molecular complexity index is 752. The van der Waals surface area contributed by atoms with Crippen molar-refractivity contribution in [1.29, 1.82) is 0 Å². The molecule has 1 N–H and O–H groups in total. The predicted octanol–water partition coefficient (Wildman–Crippen LogP) is 3.02. The maximum absolute atomic E-state index is 12.4. The van der Waals surface area contributed by atoms with Crippen LogP contribution >= 0.6 is 0 Å². The fourth-order valence-corrected chi connectivity index (χ4v) is 2.63. The zero-order valence-corrected chi connectivity index (χ0v) is 16.5. The van der Waals surface area contributed by atoms with Gasteiger partial charge in [0, 0.05) is 26.2 Å². The van der Waals surface area contributed by atoms with Crippen molar-refractivity contribution in [3.63, 3.8) is 0 Å². The van der Waals surface area contributed by atoms with E-state index in [0.717, 1.165) is 31.4 Å². The van der Waals surface area contributed by atoms with Crippen LogP contribution in [0, 0.1) is 0 Å². The van der Waals surface area contributed by atoms with Crippen molar-refractivity contribution < 1.29 is 14.3 Å². The second-order valence-corrected chi connectivity index (χ2v) is 6.23. The number of rotatable bonds is 10. The number of ether oxygens (including phenoxy) is 2. The summed E-state index contributed by atoms with van der Waals surface area (Å²) in [7, 11) is 5.04. The second-order valence-electron chi connectivity index (χ2n) is 6.23. The molecule has 1 aromatic heterocycles. The van der Waals surface area contributed by atoms with Gasteiger partial charge in [-0.2, -0.15) is 0 Å². The van der Waals surface area contributed by atoms with Gasteiger partial charge in [-0.3, -0.25) is 4.79 Å². The van der Waals surface area contributed by atoms with Gasteiger partial charge in [-0.25, -0.2) is 9.97 Å².